The van der Waals surface area contributed by atoms with Crippen LogP contribution in [-0.4, -0.2) is 18.5 Å². The Balaban J connectivity index is 1.63. The van der Waals surface area contributed by atoms with Gasteiger partial charge in [0, 0.05) is 18.5 Å². The van der Waals surface area contributed by atoms with E-state index in [0.29, 0.717) is 17.9 Å². The third-order valence-corrected chi connectivity index (χ3v) is 3.81. The Labute approximate surface area is 91.8 Å². The molecule has 2 fully saturated rings. The van der Waals surface area contributed by atoms with E-state index in [-0.39, 0.29) is 5.91 Å². The molecule has 0 aliphatic heterocycles. The Hall–Kier alpha value is -0.570. The second kappa shape index (κ2) is 4.97. The number of hydrogen-bond donors (Lipinski definition) is 2. The van der Waals surface area contributed by atoms with Crippen molar-refractivity contribution in [3.63, 3.8) is 0 Å². The molecule has 86 valence electrons. The number of hydrogen-bond acceptors (Lipinski definition) is 2. The lowest BCUT2D eigenvalue weighted by atomic mass is 9.80. The summed E-state index contributed by atoms with van der Waals surface area (Å²) in [6, 6.07) is 0.390. The Morgan fingerprint density at radius 2 is 1.87 bits per heavy atom. The first-order valence-electron chi connectivity index (χ1n) is 6.29. The Morgan fingerprint density at radius 3 is 2.47 bits per heavy atom. The highest BCUT2D eigenvalue weighted by Crippen LogP contribution is 2.26. The zero-order chi connectivity index (χ0) is 10.7. The number of carbonyl (C=O) groups excluding carboxylic acids is 1. The van der Waals surface area contributed by atoms with Crippen molar-refractivity contribution in [2.45, 2.75) is 51.0 Å². The fourth-order valence-corrected chi connectivity index (χ4v) is 2.71. The minimum atomic E-state index is 0.287. The second-order valence-corrected chi connectivity index (χ2v) is 5.18. The molecule has 3 heteroatoms. The van der Waals surface area contributed by atoms with E-state index in [1.54, 1.807) is 0 Å². The van der Waals surface area contributed by atoms with E-state index in [1.807, 2.05) is 0 Å². The molecule has 0 radical (unpaired) electrons. The van der Waals surface area contributed by atoms with Gasteiger partial charge in [0.15, 0.2) is 0 Å². The van der Waals surface area contributed by atoms with Crippen LogP contribution in [-0.2, 0) is 4.79 Å². The highest BCUT2D eigenvalue weighted by molar-refractivity contribution is 5.78. The fraction of sp³-hybridized carbons (Fsp3) is 0.917. The SMILES string of the molecule is NC1CC(CNC(=O)C2CCCCC2)C1. The van der Waals surface area contributed by atoms with E-state index in [2.05, 4.69) is 5.32 Å². The van der Waals surface area contributed by atoms with Gasteiger partial charge in [0.25, 0.3) is 0 Å². The predicted molar refractivity (Wildman–Crippen MR) is 60.3 cm³/mol. The lowest BCUT2D eigenvalue weighted by Gasteiger charge is -2.33. The van der Waals surface area contributed by atoms with Crippen molar-refractivity contribution < 1.29 is 4.79 Å². The normalized spacial score (nSPS) is 32.1. The van der Waals surface area contributed by atoms with E-state index in [0.717, 1.165) is 32.2 Å². The van der Waals surface area contributed by atoms with Crippen molar-refractivity contribution >= 4 is 5.91 Å². The number of nitrogens with one attached hydrogen (secondary N) is 1. The summed E-state index contributed by atoms with van der Waals surface area (Å²) in [7, 11) is 0. The molecular formula is C12H22N2O. The monoisotopic (exact) mass is 210 g/mol. The summed E-state index contributed by atoms with van der Waals surface area (Å²) in [4.78, 5) is 11.8. The largest absolute Gasteiger partial charge is 0.356 e. The molecule has 2 aliphatic carbocycles. The summed E-state index contributed by atoms with van der Waals surface area (Å²) in [5, 5.41) is 3.08. The third kappa shape index (κ3) is 2.94. The van der Waals surface area contributed by atoms with Gasteiger partial charge >= 0.3 is 0 Å². The summed E-state index contributed by atoms with van der Waals surface area (Å²) < 4.78 is 0. The lowest BCUT2D eigenvalue weighted by molar-refractivity contribution is -0.126. The first kappa shape index (κ1) is 10.9. The number of nitrogens with two attached hydrogens (primary N) is 1. The standard InChI is InChI=1S/C12H22N2O/c13-11-6-9(7-11)8-14-12(15)10-4-2-1-3-5-10/h9-11H,1-8,13H2,(H,14,15). The van der Waals surface area contributed by atoms with Gasteiger partial charge in [-0.3, -0.25) is 4.79 Å². The molecule has 0 heterocycles. The van der Waals surface area contributed by atoms with Gasteiger partial charge < -0.3 is 11.1 Å². The maximum atomic E-state index is 11.8. The number of rotatable bonds is 3. The molecule has 2 aliphatic rings. The predicted octanol–water partition coefficient (Wildman–Crippen LogP) is 1.42. The number of amides is 1. The molecule has 3 nitrogen and oxygen atoms in total. The van der Waals surface area contributed by atoms with Crippen LogP contribution in [0.25, 0.3) is 0 Å². The molecule has 2 saturated carbocycles. The Kier molecular flexibility index (Phi) is 3.62. The van der Waals surface area contributed by atoms with Crippen molar-refractivity contribution in [3.05, 3.63) is 0 Å². The van der Waals surface area contributed by atoms with Gasteiger partial charge in [0.05, 0.1) is 0 Å². The van der Waals surface area contributed by atoms with Crippen molar-refractivity contribution in [1.29, 1.82) is 0 Å². The fourth-order valence-electron chi connectivity index (χ4n) is 2.71. The lowest BCUT2D eigenvalue weighted by Crippen LogP contribution is -2.44. The number of carbonyl (C=O) groups is 1. The van der Waals surface area contributed by atoms with Crippen LogP contribution in [0.15, 0.2) is 0 Å². The molecule has 0 saturated heterocycles. The van der Waals surface area contributed by atoms with Crippen LogP contribution in [0.3, 0.4) is 0 Å². The van der Waals surface area contributed by atoms with Crippen LogP contribution >= 0.6 is 0 Å². The van der Waals surface area contributed by atoms with Crippen LogP contribution in [0, 0.1) is 11.8 Å². The third-order valence-electron chi connectivity index (χ3n) is 3.81. The minimum Gasteiger partial charge on any atom is -0.356 e. The average molecular weight is 210 g/mol. The molecule has 0 bridgehead atoms. The van der Waals surface area contributed by atoms with Gasteiger partial charge in [0.2, 0.25) is 5.91 Å². The molecule has 0 atom stereocenters. The zero-order valence-electron chi connectivity index (χ0n) is 9.37. The van der Waals surface area contributed by atoms with Crippen molar-refractivity contribution in [1.82, 2.24) is 5.32 Å². The van der Waals surface area contributed by atoms with Crippen LogP contribution in [0.2, 0.25) is 0 Å². The molecule has 3 N–H and O–H groups in total. The van der Waals surface area contributed by atoms with Gasteiger partial charge in [-0.05, 0) is 31.6 Å². The van der Waals surface area contributed by atoms with E-state index in [4.69, 9.17) is 5.73 Å². The van der Waals surface area contributed by atoms with Crippen LogP contribution < -0.4 is 11.1 Å². The van der Waals surface area contributed by atoms with E-state index in [1.165, 1.54) is 19.3 Å². The molecular weight excluding hydrogens is 188 g/mol. The minimum absolute atomic E-state index is 0.287. The molecule has 15 heavy (non-hydrogen) atoms. The zero-order valence-corrected chi connectivity index (χ0v) is 9.37. The first-order valence-corrected chi connectivity index (χ1v) is 6.29. The Morgan fingerprint density at radius 1 is 1.20 bits per heavy atom. The molecule has 0 unspecified atom stereocenters. The Bertz CT molecular complexity index is 218. The summed E-state index contributed by atoms with van der Waals surface area (Å²) in [6.07, 6.45) is 8.13. The van der Waals surface area contributed by atoms with Gasteiger partial charge in [-0.1, -0.05) is 19.3 Å². The van der Waals surface area contributed by atoms with Crippen LogP contribution in [0.5, 0.6) is 0 Å². The van der Waals surface area contributed by atoms with E-state index < -0.39 is 0 Å². The van der Waals surface area contributed by atoms with Crippen molar-refractivity contribution in [3.8, 4) is 0 Å². The first-order chi connectivity index (χ1) is 7.25. The van der Waals surface area contributed by atoms with Crippen molar-refractivity contribution in [2.24, 2.45) is 17.6 Å². The summed E-state index contributed by atoms with van der Waals surface area (Å²) in [5.74, 6) is 1.23. The summed E-state index contributed by atoms with van der Waals surface area (Å²) in [5.41, 5.74) is 5.71. The van der Waals surface area contributed by atoms with Gasteiger partial charge in [0.1, 0.15) is 0 Å². The van der Waals surface area contributed by atoms with E-state index in [9.17, 15) is 4.79 Å². The second-order valence-electron chi connectivity index (χ2n) is 5.18. The van der Waals surface area contributed by atoms with Gasteiger partial charge in [-0.25, -0.2) is 0 Å². The highest BCUT2D eigenvalue weighted by atomic mass is 16.1. The van der Waals surface area contributed by atoms with Gasteiger partial charge in [-0.2, -0.15) is 0 Å². The van der Waals surface area contributed by atoms with E-state index >= 15 is 0 Å². The maximum Gasteiger partial charge on any atom is 0.223 e. The topological polar surface area (TPSA) is 55.1 Å². The molecule has 1 amide bonds. The smallest absolute Gasteiger partial charge is 0.223 e. The highest BCUT2D eigenvalue weighted by Gasteiger charge is 2.27. The van der Waals surface area contributed by atoms with Crippen molar-refractivity contribution in [2.75, 3.05) is 6.54 Å². The molecule has 0 aromatic carbocycles. The summed E-state index contributed by atoms with van der Waals surface area (Å²) in [6.45, 7) is 0.850. The quantitative estimate of drug-likeness (QED) is 0.740. The molecule has 2 rings (SSSR count). The molecule has 0 aromatic heterocycles. The van der Waals surface area contributed by atoms with Gasteiger partial charge in [-0.15, -0.1) is 0 Å². The molecule has 0 spiro atoms. The van der Waals surface area contributed by atoms with Crippen LogP contribution in [0.4, 0.5) is 0 Å². The maximum absolute atomic E-state index is 11.8. The van der Waals surface area contributed by atoms with Crippen LogP contribution in [0.1, 0.15) is 44.9 Å². The summed E-state index contributed by atoms with van der Waals surface area (Å²) >= 11 is 0. The average Bonchev–Trinajstić information content (AvgIpc) is 2.23. The molecule has 0 aromatic rings.